The summed E-state index contributed by atoms with van der Waals surface area (Å²) in [4.78, 5) is 22.8. The fourth-order valence-corrected chi connectivity index (χ4v) is 1.82. The number of carbonyl (C=O) groups excluding carboxylic acids is 2. The number of ether oxygens (including phenoxy) is 1. The number of nitrogens with one attached hydrogen (secondary N) is 2. The first-order chi connectivity index (χ1) is 9.77. The van der Waals surface area contributed by atoms with Crippen LogP contribution in [-0.4, -0.2) is 82.1 Å². The molecule has 8 N–H and O–H groups in total. The van der Waals surface area contributed by atoms with Crippen LogP contribution in [-0.2, 0) is 14.3 Å². The first-order valence-electron chi connectivity index (χ1n) is 6.41. The topological polar surface area (TPSA) is 174 Å². The maximum Gasteiger partial charge on any atom is 0.239 e. The molecule has 0 aromatic heterocycles. The molecule has 1 rings (SSSR count). The monoisotopic (exact) mass is 307 g/mol. The Hall–Kier alpha value is -1.30. The Morgan fingerprint density at radius 3 is 2.43 bits per heavy atom. The van der Waals surface area contributed by atoms with Crippen LogP contribution in [0.5, 0.6) is 0 Å². The zero-order valence-electron chi connectivity index (χ0n) is 11.5. The summed E-state index contributed by atoms with van der Waals surface area (Å²) in [6.45, 7) is 0.442. The zero-order chi connectivity index (χ0) is 16.2. The van der Waals surface area contributed by atoms with Gasteiger partial charge in [-0.2, -0.15) is 0 Å². The highest BCUT2D eigenvalue weighted by Gasteiger charge is 2.44. The normalized spacial score (nSPS) is 34.1. The van der Waals surface area contributed by atoms with E-state index in [1.54, 1.807) is 0 Å². The predicted molar refractivity (Wildman–Crippen MR) is 68.6 cm³/mol. The summed E-state index contributed by atoms with van der Waals surface area (Å²) < 4.78 is 4.87. The molecule has 0 saturated carbocycles. The molecule has 1 aliphatic rings. The van der Waals surface area contributed by atoms with Gasteiger partial charge in [0.2, 0.25) is 11.8 Å². The Bertz CT molecular complexity index is 379. The smallest absolute Gasteiger partial charge is 0.239 e. The first-order valence-corrected chi connectivity index (χ1v) is 6.41. The second-order valence-electron chi connectivity index (χ2n) is 4.83. The maximum atomic E-state index is 11.6. The van der Waals surface area contributed by atoms with Gasteiger partial charge in [0.1, 0.15) is 24.4 Å². The number of nitrogens with two attached hydrogens (primary N) is 1. The summed E-state index contributed by atoms with van der Waals surface area (Å²) in [6, 6.07) is -2.07. The molecule has 0 spiro atoms. The third-order valence-electron chi connectivity index (χ3n) is 3.06. The minimum atomic E-state index is -1.60. The lowest BCUT2D eigenvalue weighted by Gasteiger charge is -2.40. The summed E-state index contributed by atoms with van der Waals surface area (Å²) in [5.41, 5.74) is 5.30. The average molecular weight is 307 g/mol. The standard InChI is InChI=1S/C11H21N3O7/c1-4(12)10(19)13-2-6(16)14-7-9(18)8(17)5(3-15)21-11(7)20/h4-5,7-9,11,15,17-18,20H,2-3,12H2,1H3,(H,13,19)(H,14,16)/t4-,5+,7+,8+,9+,11?/m0/s1. The minimum Gasteiger partial charge on any atom is -0.394 e. The van der Waals surface area contributed by atoms with Crippen LogP contribution >= 0.6 is 0 Å². The second-order valence-corrected chi connectivity index (χ2v) is 4.83. The molecule has 1 unspecified atom stereocenters. The van der Waals surface area contributed by atoms with Crippen LogP contribution < -0.4 is 16.4 Å². The van der Waals surface area contributed by atoms with E-state index in [0.29, 0.717) is 0 Å². The molecule has 10 nitrogen and oxygen atoms in total. The molecule has 122 valence electrons. The van der Waals surface area contributed by atoms with Gasteiger partial charge in [0.15, 0.2) is 6.29 Å². The number of carbonyl (C=O) groups is 2. The molecule has 2 amide bonds. The molecule has 1 aliphatic heterocycles. The molecule has 0 radical (unpaired) electrons. The predicted octanol–water partition coefficient (Wildman–Crippen LogP) is -4.63. The number of aliphatic hydroxyl groups excluding tert-OH is 4. The van der Waals surface area contributed by atoms with Crippen molar-refractivity contribution in [3.63, 3.8) is 0 Å². The number of hydrogen-bond donors (Lipinski definition) is 7. The van der Waals surface area contributed by atoms with Crippen molar-refractivity contribution < 1.29 is 34.8 Å². The van der Waals surface area contributed by atoms with Crippen molar-refractivity contribution in [1.82, 2.24) is 10.6 Å². The van der Waals surface area contributed by atoms with Gasteiger partial charge in [-0.05, 0) is 6.92 Å². The fraction of sp³-hybridized carbons (Fsp3) is 0.818. The quantitative estimate of drug-likeness (QED) is 0.265. The lowest BCUT2D eigenvalue weighted by atomic mass is 9.97. The van der Waals surface area contributed by atoms with E-state index >= 15 is 0 Å². The molecule has 10 heteroatoms. The Morgan fingerprint density at radius 1 is 1.29 bits per heavy atom. The van der Waals surface area contributed by atoms with Crippen molar-refractivity contribution in [1.29, 1.82) is 0 Å². The van der Waals surface area contributed by atoms with Crippen molar-refractivity contribution in [2.75, 3.05) is 13.2 Å². The van der Waals surface area contributed by atoms with Crippen LogP contribution in [0.25, 0.3) is 0 Å². The minimum absolute atomic E-state index is 0.407. The number of hydrogen-bond acceptors (Lipinski definition) is 8. The Morgan fingerprint density at radius 2 is 1.90 bits per heavy atom. The van der Waals surface area contributed by atoms with Crippen LogP contribution in [0.2, 0.25) is 0 Å². The summed E-state index contributed by atoms with van der Waals surface area (Å²) in [5.74, 6) is -1.24. The lowest BCUT2D eigenvalue weighted by molar-refractivity contribution is -0.253. The molecule has 1 heterocycles. The second kappa shape index (κ2) is 7.64. The number of aliphatic hydroxyl groups is 4. The van der Waals surface area contributed by atoms with Gasteiger partial charge in [0, 0.05) is 0 Å². The third-order valence-corrected chi connectivity index (χ3v) is 3.06. The largest absolute Gasteiger partial charge is 0.394 e. The molecule has 0 aliphatic carbocycles. The summed E-state index contributed by atoms with van der Waals surface area (Å²) in [5, 5.41) is 42.5. The SMILES string of the molecule is C[C@H](N)C(=O)NCC(=O)N[C@H]1C(O)O[C@H](CO)[C@@H](O)[C@@H]1O. The van der Waals surface area contributed by atoms with Crippen LogP contribution in [0.15, 0.2) is 0 Å². The van der Waals surface area contributed by atoms with E-state index in [1.165, 1.54) is 6.92 Å². The average Bonchev–Trinajstić information content (AvgIpc) is 2.44. The van der Waals surface area contributed by atoms with Crippen molar-refractivity contribution in [3.8, 4) is 0 Å². The molecule has 21 heavy (non-hydrogen) atoms. The Labute approximate surface area is 120 Å². The molecule has 6 atom stereocenters. The van der Waals surface area contributed by atoms with Gasteiger partial charge in [-0.1, -0.05) is 0 Å². The highest BCUT2D eigenvalue weighted by atomic mass is 16.6. The van der Waals surface area contributed by atoms with Crippen molar-refractivity contribution in [2.45, 2.75) is 43.6 Å². The highest BCUT2D eigenvalue weighted by molar-refractivity contribution is 5.87. The van der Waals surface area contributed by atoms with Crippen LogP contribution in [0.4, 0.5) is 0 Å². The fourth-order valence-electron chi connectivity index (χ4n) is 1.82. The Kier molecular flexibility index (Phi) is 6.45. The van der Waals surface area contributed by atoms with Gasteiger partial charge in [0.25, 0.3) is 0 Å². The molecular weight excluding hydrogens is 286 g/mol. The van der Waals surface area contributed by atoms with Crippen molar-refractivity contribution >= 4 is 11.8 Å². The van der Waals surface area contributed by atoms with E-state index in [2.05, 4.69) is 10.6 Å². The number of amides is 2. The lowest BCUT2D eigenvalue weighted by Crippen LogP contribution is -2.64. The maximum absolute atomic E-state index is 11.6. The summed E-state index contributed by atoms with van der Waals surface area (Å²) in [6.07, 6.45) is -5.75. The molecule has 1 saturated heterocycles. The van der Waals surface area contributed by atoms with Gasteiger partial charge < -0.3 is 41.5 Å². The molecule has 0 bridgehead atoms. The van der Waals surface area contributed by atoms with E-state index < -0.39 is 61.7 Å². The van der Waals surface area contributed by atoms with Gasteiger partial charge in [-0.15, -0.1) is 0 Å². The van der Waals surface area contributed by atoms with E-state index in [-0.39, 0.29) is 0 Å². The molecular formula is C11H21N3O7. The first kappa shape index (κ1) is 17.8. The summed E-state index contributed by atoms with van der Waals surface area (Å²) in [7, 11) is 0. The van der Waals surface area contributed by atoms with Crippen LogP contribution in [0.3, 0.4) is 0 Å². The third kappa shape index (κ3) is 4.59. The van der Waals surface area contributed by atoms with Gasteiger partial charge >= 0.3 is 0 Å². The van der Waals surface area contributed by atoms with E-state index in [0.717, 1.165) is 0 Å². The molecule has 0 aromatic rings. The van der Waals surface area contributed by atoms with E-state index in [1.807, 2.05) is 0 Å². The zero-order valence-corrected chi connectivity index (χ0v) is 11.5. The van der Waals surface area contributed by atoms with Gasteiger partial charge in [0.05, 0.1) is 19.2 Å². The van der Waals surface area contributed by atoms with E-state index in [9.17, 15) is 24.9 Å². The summed E-state index contributed by atoms with van der Waals surface area (Å²) >= 11 is 0. The number of rotatable bonds is 5. The van der Waals surface area contributed by atoms with Crippen molar-refractivity contribution in [3.05, 3.63) is 0 Å². The highest BCUT2D eigenvalue weighted by Crippen LogP contribution is 2.19. The Balaban J connectivity index is 2.53. The molecule has 0 aromatic carbocycles. The van der Waals surface area contributed by atoms with Crippen LogP contribution in [0, 0.1) is 0 Å². The van der Waals surface area contributed by atoms with Gasteiger partial charge in [-0.25, -0.2) is 0 Å². The van der Waals surface area contributed by atoms with Crippen molar-refractivity contribution in [2.24, 2.45) is 5.73 Å². The van der Waals surface area contributed by atoms with Gasteiger partial charge in [-0.3, -0.25) is 9.59 Å². The molecule has 1 fully saturated rings. The van der Waals surface area contributed by atoms with Crippen LogP contribution in [0.1, 0.15) is 6.92 Å². The van der Waals surface area contributed by atoms with E-state index in [4.69, 9.17) is 15.6 Å².